The Hall–Kier alpha value is -2.50. The van der Waals surface area contributed by atoms with E-state index in [0.717, 1.165) is 38.5 Å². The summed E-state index contributed by atoms with van der Waals surface area (Å²) in [4.78, 5) is 16.5. The monoisotopic (exact) mass is 399 g/mol. The van der Waals surface area contributed by atoms with Crippen molar-refractivity contribution >= 4 is 23.7 Å². The van der Waals surface area contributed by atoms with Crippen molar-refractivity contribution < 1.29 is 9.53 Å². The number of rotatable bonds is 7. The van der Waals surface area contributed by atoms with E-state index in [4.69, 9.17) is 16.3 Å². The summed E-state index contributed by atoms with van der Waals surface area (Å²) < 4.78 is 5.59. The van der Waals surface area contributed by atoms with Crippen molar-refractivity contribution in [3.8, 4) is 5.75 Å². The van der Waals surface area contributed by atoms with Crippen molar-refractivity contribution in [2.45, 2.75) is 0 Å². The molecule has 28 heavy (non-hydrogen) atoms. The second-order valence-corrected chi connectivity index (χ2v) is 7.07. The molecule has 2 aromatic rings. The normalized spacial score (nSPS) is 15.0. The Labute approximate surface area is 171 Å². The predicted molar refractivity (Wildman–Crippen MR) is 114 cm³/mol. The third-order valence-corrected chi connectivity index (χ3v) is 4.85. The van der Waals surface area contributed by atoms with Crippen LogP contribution in [0.1, 0.15) is 5.56 Å². The molecule has 0 aliphatic carbocycles. The van der Waals surface area contributed by atoms with Gasteiger partial charge in [-0.25, -0.2) is 4.79 Å². The van der Waals surface area contributed by atoms with Gasteiger partial charge < -0.3 is 15.0 Å². The number of nitrogens with zero attached hydrogens (tertiary/aromatic N) is 2. The first-order valence-corrected chi connectivity index (χ1v) is 9.93. The summed E-state index contributed by atoms with van der Waals surface area (Å²) in [7, 11) is 0. The van der Waals surface area contributed by atoms with Crippen LogP contribution >= 0.6 is 11.6 Å². The smallest absolute Gasteiger partial charge is 0.317 e. The predicted octanol–water partition coefficient (Wildman–Crippen LogP) is 3.76. The van der Waals surface area contributed by atoms with E-state index in [0.29, 0.717) is 18.2 Å². The Balaban J connectivity index is 1.30. The molecule has 1 N–H and O–H groups in total. The van der Waals surface area contributed by atoms with Gasteiger partial charge in [0.25, 0.3) is 0 Å². The highest BCUT2D eigenvalue weighted by molar-refractivity contribution is 6.30. The van der Waals surface area contributed by atoms with E-state index >= 15 is 0 Å². The van der Waals surface area contributed by atoms with Gasteiger partial charge in [-0.1, -0.05) is 54.1 Å². The second kappa shape index (κ2) is 10.7. The van der Waals surface area contributed by atoms with Crippen LogP contribution in [0.5, 0.6) is 5.75 Å². The molecule has 1 heterocycles. The standard InChI is InChI=1S/C22H26ClN3O2/c23-20-8-10-21(11-9-20)28-18-12-24-22(27)26-16-14-25(15-17-26)13-4-7-19-5-2-1-3-6-19/h1-11H,12-18H2,(H,24,27)/b7-4+. The topological polar surface area (TPSA) is 44.8 Å². The molecule has 0 bridgehead atoms. The Bertz CT molecular complexity index is 757. The summed E-state index contributed by atoms with van der Waals surface area (Å²) in [5.74, 6) is 0.746. The average molecular weight is 400 g/mol. The van der Waals surface area contributed by atoms with Crippen molar-refractivity contribution in [3.63, 3.8) is 0 Å². The van der Waals surface area contributed by atoms with Crippen LogP contribution in [0.3, 0.4) is 0 Å². The van der Waals surface area contributed by atoms with Crippen molar-refractivity contribution in [2.75, 3.05) is 45.9 Å². The van der Waals surface area contributed by atoms with Crippen molar-refractivity contribution in [3.05, 3.63) is 71.3 Å². The molecule has 1 aliphatic rings. The highest BCUT2D eigenvalue weighted by Gasteiger charge is 2.19. The Morgan fingerprint density at radius 1 is 1.04 bits per heavy atom. The molecule has 2 amide bonds. The Morgan fingerprint density at radius 2 is 1.75 bits per heavy atom. The maximum atomic E-state index is 12.3. The molecule has 2 aromatic carbocycles. The van der Waals surface area contributed by atoms with E-state index in [1.807, 2.05) is 35.2 Å². The summed E-state index contributed by atoms with van der Waals surface area (Å²) in [5.41, 5.74) is 1.21. The lowest BCUT2D eigenvalue weighted by Crippen LogP contribution is -2.52. The van der Waals surface area contributed by atoms with Crippen LogP contribution in [-0.4, -0.2) is 61.7 Å². The van der Waals surface area contributed by atoms with E-state index in [2.05, 4.69) is 34.5 Å². The van der Waals surface area contributed by atoms with Gasteiger partial charge in [-0.05, 0) is 29.8 Å². The van der Waals surface area contributed by atoms with Crippen LogP contribution in [0.2, 0.25) is 5.02 Å². The van der Waals surface area contributed by atoms with Gasteiger partial charge in [-0.3, -0.25) is 4.90 Å². The number of piperazine rings is 1. The summed E-state index contributed by atoms with van der Waals surface area (Å²) >= 11 is 5.84. The third kappa shape index (κ3) is 6.59. The summed E-state index contributed by atoms with van der Waals surface area (Å²) in [6, 6.07) is 17.4. The highest BCUT2D eigenvalue weighted by Crippen LogP contribution is 2.15. The minimum Gasteiger partial charge on any atom is -0.492 e. The SMILES string of the molecule is O=C(NCCOc1ccc(Cl)cc1)N1CCN(C/C=C/c2ccccc2)CC1. The van der Waals surface area contributed by atoms with Gasteiger partial charge in [0.2, 0.25) is 0 Å². The van der Waals surface area contributed by atoms with E-state index < -0.39 is 0 Å². The molecule has 1 fully saturated rings. The number of ether oxygens (including phenoxy) is 1. The quantitative estimate of drug-likeness (QED) is 0.721. The van der Waals surface area contributed by atoms with E-state index in [1.54, 1.807) is 12.1 Å². The number of hydrogen-bond donors (Lipinski definition) is 1. The largest absolute Gasteiger partial charge is 0.492 e. The van der Waals surface area contributed by atoms with Gasteiger partial charge in [-0.2, -0.15) is 0 Å². The number of carbonyl (C=O) groups excluding carboxylic acids is 1. The second-order valence-electron chi connectivity index (χ2n) is 6.64. The first-order valence-electron chi connectivity index (χ1n) is 9.56. The maximum absolute atomic E-state index is 12.3. The van der Waals surface area contributed by atoms with E-state index in [-0.39, 0.29) is 6.03 Å². The first-order chi connectivity index (χ1) is 13.7. The molecule has 3 rings (SSSR count). The van der Waals surface area contributed by atoms with Crippen LogP contribution in [0.4, 0.5) is 4.79 Å². The lowest BCUT2D eigenvalue weighted by molar-refractivity contribution is 0.145. The molecule has 1 saturated heterocycles. The molecule has 5 nitrogen and oxygen atoms in total. The van der Waals surface area contributed by atoms with Gasteiger partial charge >= 0.3 is 6.03 Å². The lowest BCUT2D eigenvalue weighted by atomic mass is 10.2. The molecule has 0 spiro atoms. The van der Waals surface area contributed by atoms with Crippen LogP contribution in [0, 0.1) is 0 Å². The fourth-order valence-electron chi connectivity index (χ4n) is 3.01. The fourth-order valence-corrected chi connectivity index (χ4v) is 3.13. The molecule has 0 aromatic heterocycles. The number of halogens is 1. The molecule has 0 radical (unpaired) electrons. The maximum Gasteiger partial charge on any atom is 0.317 e. The zero-order chi connectivity index (χ0) is 19.6. The molecular weight excluding hydrogens is 374 g/mol. The summed E-state index contributed by atoms with van der Waals surface area (Å²) in [5, 5.41) is 3.59. The zero-order valence-corrected chi connectivity index (χ0v) is 16.6. The zero-order valence-electron chi connectivity index (χ0n) is 15.9. The molecule has 148 valence electrons. The first kappa shape index (κ1) is 20.2. The van der Waals surface area contributed by atoms with Gasteiger partial charge in [-0.15, -0.1) is 0 Å². The number of carbonyl (C=O) groups is 1. The number of nitrogens with one attached hydrogen (secondary N) is 1. The van der Waals surface area contributed by atoms with Gasteiger partial charge in [0.15, 0.2) is 0 Å². The van der Waals surface area contributed by atoms with Crippen molar-refractivity contribution in [2.24, 2.45) is 0 Å². The van der Waals surface area contributed by atoms with Crippen molar-refractivity contribution in [1.82, 2.24) is 15.1 Å². The molecule has 0 unspecified atom stereocenters. The lowest BCUT2D eigenvalue weighted by Gasteiger charge is -2.34. The Kier molecular flexibility index (Phi) is 7.76. The van der Waals surface area contributed by atoms with Crippen LogP contribution in [-0.2, 0) is 0 Å². The van der Waals surface area contributed by atoms with E-state index in [9.17, 15) is 4.79 Å². The molecule has 6 heteroatoms. The van der Waals surface area contributed by atoms with Gasteiger partial charge in [0, 0.05) is 37.7 Å². The molecule has 0 saturated carbocycles. The van der Waals surface area contributed by atoms with Crippen LogP contribution in [0.15, 0.2) is 60.7 Å². The molecule has 0 atom stereocenters. The number of urea groups is 1. The summed E-state index contributed by atoms with van der Waals surface area (Å²) in [6.07, 6.45) is 4.32. The minimum absolute atomic E-state index is 0.0285. The summed E-state index contributed by atoms with van der Waals surface area (Å²) in [6.45, 7) is 5.05. The van der Waals surface area contributed by atoms with Crippen molar-refractivity contribution in [1.29, 1.82) is 0 Å². The van der Waals surface area contributed by atoms with Gasteiger partial charge in [0.05, 0.1) is 6.54 Å². The number of hydrogen-bond acceptors (Lipinski definition) is 3. The number of benzene rings is 2. The van der Waals surface area contributed by atoms with Crippen LogP contribution in [0.25, 0.3) is 6.08 Å². The fraction of sp³-hybridized carbons (Fsp3) is 0.318. The highest BCUT2D eigenvalue weighted by atomic mass is 35.5. The Morgan fingerprint density at radius 3 is 2.46 bits per heavy atom. The molecule has 1 aliphatic heterocycles. The molecular formula is C22H26ClN3O2. The van der Waals surface area contributed by atoms with Crippen LogP contribution < -0.4 is 10.1 Å². The van der Waals surface area contributed by atoms with Gasteiger partial charge in [0.1, 0.15) is 12.4 Å². The minimum atomic E-state index is -0.0285. The third-order valence-electron chi connectivity index (χ3n) is 4.59. The average Bonchev–Trinajstić information content (AvgIpc) is 2.73. The van der Waals surface area contributed by atoms with E-state index in [1.165, 1.54) is 5.56 Å². The number of amides is 2.